The molecule has 5 aromatic rings. The summed E-state index contributed by atoms with van der Waals surface area (Å²) in [5.74, 6) is -1.74. The van der Waals surface area contributed by atoms with Crippen LogP contribution in [0.15, 0.2) is 84.1 Å². The Balaban J connectivity index is 1.47. The van der Waals surface area contributed by atoms with E-state index in [0.29, 0.717) is 33.7 Å². The Morgan fingerprint density at radius 2 is 1.88 bits per heavy atom. The number of rotatable bonds is 5. The van der Waals surface area contributed by atoms with Crippen LogP contribution in [-0.2, 0) is 4.79 Å². The molecular formula is C29H22FN7O3. The van der Waals surface area contributed by atoms with Crippen LogP contribution < -0.4 is 15.4 Å². The van der Waals surface area contributed by atoms with E-state index in [-0.39, 0.29) is 17.3 Å². The number of imidazole rings is 1. The number of pyridine rings is 1. The van der Waals surface area contributed by atoms with Crippen LogP contribution in [0.4, 0.5) is 10.1 Å². The van der Waals surface area contributed by atoms with Crippen LogP contribution in [0.25, 0.3) is 16.9 Å². The van der Waals surface area contributed by atoms with Gasteiger partial charge in [0.05, 0.1) is 18.5 Å². The molecule has 2 N–H and O–H groups in total. The van der Waals surface area contributed by atoms with Crippen molar-refractivity contribution in [2.24, 2.45) is 4.99 Å². The lowest BCUT2D eigenvalue weighted by molar-refractivity contribution is -0.117. The second-order valence-corrected chi connectivity index (χ2v) is 9.08. The maximum atomic E-state index is 14.9. The molecule has 4 heterocycles. The fourth-order valence-corrected chi connectivity index (χ4v) is 4.53. The molecule has 0 spiro atoms. The minimum Gasteiger partial charge on any atom is -0.480 e. The van der Waals surface area contributed by atoms with Crippen molar-refractivity contribution in [3.8, 4) is 17.1 Å². The molecule has 1 atom stereocenters. The van der Waals surface area contributed by atoms with Gasteiger partial charge < -0.3 is 15.4 Å². The van der Waals surface area contributed by atoms with Crippen molar-refractivity contribution in [1.29, 1.82) is 0 Å². The number of benzodiazepines with no additional fused rings is 1. The SMILES string of the molecule is COc1ccc2nc(-c3cncc(C)c3)c(C(=O)N[C@H]3N=C(c4ccccc4)c4cccc(F)c4NC3=O)n2n1. The Morgan fingerprint density at radius 3 is 2.65 bits per heavy atom. The number of aryl methyl sites for hydroxylation is 1. The van der Waals surface area contributed by atoms with Crippen LogP contribution >= 0.6 is 0 Å². The summed E-state index contributed by atoms with van der Waals surface area (Å²) in [6.45, 7) is 1.87. The molecule has 0 bridgehead atoms. The van der Waals surface area contributed by atoms with Crippen LogP contribution in [0.1, 0.15) is 27.2 Å². The van der Waals surface area contributed by atoms with Gasteiger partial charge in [-0.1, -0.05) is 42.5 Å². The highest BCUT2D eigenvalue weighted by atomic mass is 19.1. The van der Waals surface area contributed by atoms with Gasteiger partial charge in [0, 0.05) is 35.2 Å². The van der Waals surface area contributed by atoms with Gasteiger partial charge in [0.25, 0.3) is 11.8 Å². The Hall–Kier alpha value is -5.45. The molecule has 1 aliphatic rings. The van der Waals surface area contributed by atoms with E-state index in [0.717, 1.165) is 5.56 Å². The number of carbonyl (C=O) groups excluding carboxylic acids is 2. The molecule has 40 heavy (non-hydrogen) atoms. The monoisotopic (exact) mass is 535 g/mol. The molecule has 6 rings (SSSR count). The minimum absolute atomic E-state index is 0.0143. The van der Waals surface area contributed by atoms with Gasteiger partial charge in [-0.15, -0.1) is 5.10 Å². The van der Waals surface area contributed by atoms with Crippen LogP contribution in [0, 0.1) is 12.7 Å². The fourth-order valence-electron chi connectivity index (χ4n) is 4.53. The van der Waals surface area contributed by atoms with Crippen molar-refractivity contribution in [2.45, 2.75) is 13.1 Å². The first-order valence-corrected chi connectivity index (χ1v) is 12.3. The maximum absolute atomic E-state index is 14.9. The van der Waals surface area contributed by atoms with Crippen molar-refractivity contribution in [2.75, 3.05) is 12.4 Å². The molecule has 2 aromatic carbocycles. The van der Waals surface area contributed by atoms with Gasteiger partial charge in [-0.25, -0.2) is 18.9 Å². The number of anilines is 1. The number of nitrogens with one attached hydrogen (secondary N) is 2. The van der Waals surface area contributed by atoms with Gasteiger partial charge >= 0.3 is 0 Å². The summed E-state index contributed by atoms with van der Waals surface area (Å²) >= 11 is 0. The number of amides is 2. The van der Waals surface area contributed by atoms with E-state index in [1.54, 1.807) is 42.7 Å². The van der Waals surface area contributed by atoms with Crippen LogP contribution in [0.2, 0.25) is 0 Å². The topological polar surface area (TPSA) is 123 Å². The van der Waals surface area contributed by atoms with E-state index < -0.39 is 23.8 Å². The Morgan fingerprint density at radius 1 is 1.05 bits per heavy atom. The number of aromatic nitrogens is 4. The van der Waals surface area contributed by atoms with Gasteiger partial charge in [0.15, 0.2) is 11.3 Å². The number of aliphatic imine (C=N–C) groups is 1. The summed E-state index contributed by atoms with van der Waals surface area (Å²) in [5.41, 5.74) is 3.58. The van der Waals surface area contributed by atoms with E-state index in [4.69, 9.17) is 4.74 Å². The number of carbonyl (C=O) groups is 2. The van der Waals surface area contributed by atoms with Crippen molar-refractivity contribution in [1.82, 2.24) is 24.9 Å². The molecule has 0 radical (unpaired) electrons. The highest BCUT2D eigenvalue weighted by Gasteiger charge is 2.31. The highest BCUT2D eigenvalue weighted by molar-refractivity contribution is 6.20. The highest BCUT2D eigenvalue weighted by Crippen LogP contribution is 2.28. The van der Waals surface area contributed by atoms with Gasteiger partial charge in [-0.2, -0.15) is 0 Å². The summed E-state index contributed by atoms with van der Waals surface area (Å²) in [6.07, 6.45) is 1.88. The quantitative estimate of drug-likeness (QED) is 0.353. The lowest BCUT2D eigenvalue weighted by Gasteiger charge is -2.14. The average molecular weight is 536 g/mol. The number of para-hydroxylation sites is 1. The van der Waals surface area contributed by atoms with Crippen LogP contribution in [-0.4, -0.2) is 50.4 Å². The third-order valence-corrected chi connectivity index (χ3v) is 6.36. The Kier molecular flexibility index (Phi) is 6.23. The molecule has 3 aromatic heterocycles. The molecule has 0 saturated carbocycles. The second kappa shape index (κ2) is 10.0. The van der Waals surface area contributed by atoms with Gasteiger partial charge in [-0.3, -0.25) is 14.6 Å². The molecule has 198 valence electrons. The van der Waals surface area contributed by atoms with Crippen LogP contribution in [0.5, 0.6) is 5.88 Å². The van der Waals surface area contributed by atoms with Crippen LogP contribution in [0.3, 0.4) is 0 Å². The maximum Gasteiger partial charge on any atom is 0.274 e. The van der Waals surface area contributed by atoms with Crippen molar-refractivity contribution in [3.05, 3.63) is 107 Å². The molecular weight excluding hydrogens is 513 g/mol. The van der Waals surface area contributed by atoms with Crippen molar-refractivity contribution < 1.29 is 18.7 Å². The number of benzene rings is 2. The molecule has 0 fully saturated rings. The van der Waals surface area contributed by atoms with Gasteiger partial charge in [0.2, 0.25) is 12.0 Å². The standard InChI is InChI=1S/C29H22FN7O3/c1-16-13-18(15-31-14-16)24-26(37-21(32-24)11-12-22(36-37)40-2)28(38)35-27-29(39)34-25-19(9-6-10-20(25)30)23(33-27)17-7-4-3-5-8-17/h3-15,27H,1-2H3,(H,34,39)(H,35,38)/t27-/m1/s1. The van der Waals surface area contributed by atoms with E-state index in [1.165, 1.54) is 23.8 Å². The molecule has 0 saturated heterocycles. The first-order valence-electron chi connectivity index (χ1n) is 12.3. The Bertz CT molecular complexity index is 1820. The predicted molar refractivity (Wildman–Crippen MR) is 146 cm³/mol. The number of nitrogens with zero attached hydrogens (tertiary/aromatic N) is 5. The smallest absolute Gasteiger partial charge is 0.274 e. The molecule has 0 unspecified atom stereocenters. The molecule has 2 amide bonds. The summed E-state index contributed by atoms with van der Waals surface area (Å²) < 4.78 is 21.5. The lowest BCUT2D eigenvalue weighted by Crippen LogP contribution is -2.43. The summed E-state index contributed by atoms with van der Waals surface area (Å²) in [5, 5.41) is 9.67. The number of hydrogen-bond donors (Lipinski definition) is 2. The zero-order chi connectivity index (χ0) is 27.8. The fraction of sp³-hybridized carbons (Fsp3) is 0.103. The largest absolute Gasteiger partial charge is 0.480 e. The first-order chi connectivity index (χ1) is 19.4. The van der Waals surface area contributed by atoms with Crippen molar-refractivity contribution in [3.63, 3.8) is 0 Å². The molecule has 1 aliphatic heterocycles. The van der Waals surface area contributed by atoms with Crippen molar-refractivity contribution >= 4 is 28.9 Å². The second-order valence-electron chi connectivity index (χ2n) is 9.08. The number of hydrogen-bond acceptors (Lipinski definition) is 7. The van der Waals surface area contributed by atoms with E-state index >= 15 is 0 Å². The summed E-state index contributed by atoms with van der Waals surface area (Å²) in [6, 6.07) is 18.6. The lowest BCUT2D eigenvalue weighted by atomic mass is 10.0. The molecule has 0 aliphatic carbocycles. The third kappa shape index (κ3) is 4.43. The minimum atomic E-state index is -1.39. The zero-order valence-electron chi connectivity index (χ0n) is 21.4. The third-order valence-electron chi connectivity index (χ3n) is 6.36. The van der Waals surface area contributed by atoms with E-state index in [9.17, 15) is 14.0 Å². The number of methoxy groups -OCH3 is 1. The number of fused-ring (bicyclic) bond motifs is 2. The number of ether oxygens (including phenoxy) is 1. The number of halogens is 1. The average Bonchev–Trinajstić information content (AvgIpc) is 3.29. The first kappa shape index (κ1) is 24.9. The molecule has 11 heteroatoms. The predicted octanol–water partition coefficient (Wildman–Crippen LogP) is 3.79. The van der Waals surface area contributed by atoms with Gasteiger partial charge in [0.1, 0.15) is 11.5 Å². The summed E-state index contributed by atoms with van der Waals surface area (Å²) in [7, 11) is 1.46. The van der Waals surface area contributed by atoms with Gasteiger partial charge in [-0.05, 0) is 30.7 Å². The summed E-state index contributed by atoms with van der Waals surface area (Å²) in [4.78, 5) is 40.7. The normalized spacial score (nSPS) is 14.6. The zero-order valence-corrected chi connectivity index (χ0v) is 21.4. The Labute approximate surface area is 227 Å². The molecule has 10 nitrogen and oxygen atoms in total. The van der Waals surface area contributed by atoms with E-state index in [1.807, 2.05) is 31.2 Å². The van der Waals surface area contributed by atoms with E-state index in [2.05, 4.69) is 30.7 Å².